The Kier molecular flexibility index (Phi) is 4.29. The largest absolute Gasteiger partial charge is 0.379 e. The first kappa shape index (κ1) is 16.8. The van der Waals surface area contributed by atoms with Crippen LogP contribution in [0.4, 0.5) is 11.5 Å². The monoisotopic (exact) mass is 362 g/mol. The van der Waals surface area contributed by atoms with E-state index in [4.69, 9.17) is 10.4 Å². The fourth-order valence-electron chi connectivity index (χ4n) is 2.93. The van der Waals surface area contributed by atoms with E-state index in [1.54, 1.807) is 4.57 Å². The number of nitrogens with two attached hydrogens (primary N) is 1. The SMILES string of the molecule is CCc1ccc(NC(=O)Cn2c(-c3nonc3N)nc3ccccc32)cc1. The number of nitrogens with zero attached hydrogens (tertiary/aromatic N) is 4. The van der Waals surface area contributed by atoms with Gasteiger partial charge in [0.05, 0.1) is 11.0 Å². The second kappa shape index (κ2) is 6.91. The molecule has 2 aromatic carbocycles. The minimum Gasteiger partial charge on any atom is -0.379 e. The van der Waals surface area contributed by atoms with Crippen molar-refractivity contribution in [2.45, 2.75) is 19.9 Å². The van der Waals surface area contributed by atoms with Gasteiger partial charge in [0.15, 0.2) is 17.3 Å². The second-order valence-electron chi connectivity index (χ2n) is 6.11. The number of nitrogens with one attached hydrogen (secondary N) is 1. The zero-order chi connectivity index (χ0) is 18.8. The van der Waals surface area contributed by atoms with Gasteiger partial charge in [-0.1, -0.05) is 31.2 Å². The third-order valence-corrected chi connectivity index (χ3v) is 4.33. The lowest BCUT2D eigenvalue weighted by atomic mass is 10.1. The molecule has 4 rings (SSSR count). The molecule has 2 heterocycles. The third kappa shape index (κ3) is 3.24. The van der Waals surface area contributed by atoms with Crippen LogP contribution in [0, 0.1) is 0 Å². The lowest BCUT2D eigenvalue weighted by Crippen LogP contribution is -2.19. The molecule has 0 aliphatic heterocycles. The van der Waals surface area contributed by atoms with Crippen molar-refractivity contribution < 1.29 is 9.42 Å². The molecule has 8 heteroatoms. The van der Waals surface area contributed by atoms with Crippen LogP contribution >= 0.6 is 0 Å². The highest BCUT2D eigenvalue weighted by Gasteiger charge is 2.20. The lowest BCUT2D eigenvalue weighted by Gasteiger charge is -2.09. The summed E-state index contributed by atoms with van der Waals surface area (Å²) in [5, 5.41) is 10.3. The van der Waals surface area contributed by atoms with Gasteiger partial charge in [-0.05, 0) is 46.6 Å². The predicted molar refractivity (Wildman–Crippen MR) is 102 cm³/mol. The summed E-state index contributed by atoms with van der Waals surface area (Å²) in [4.78, 5) is 17.2. The Labute approximate surface area is 155 Å². The van der Waals surface area contributed by atoms with Crippen LogP contribution in [0.5, 0.6) is 0 Å². The Hall–Kier alpha value is -3.68. The quantitative estimate of drug-likeness (QED) is 0.564. The Bertz CT molecular complexity index is 1100. The van der Waals surface area contributed by atoms with E-state index in [1.807, 2.05) is 48.5 Å². The molecule has 0 unspecified atom stereocenters. The molecule has 0 radical (unpaired) electrons. The number of nitrogen functional groups attached to an aromatic ring is 1. The van der Waals surface area contributed by atoms with Crippen molar-refractivity contribution in [3.8, 4) is 11.5 Å². The molecule has 0 saturated carbocycles. The maximum absolute atomic E-state index is 12.6. The molecule has 2 aromatic heterocycles. The van der Waals surface area contributed by atoms with E-state index in [1.165, 1.54) is 5.56 Å². The molecule has 0 spiro atoms. The molecule has 3 N–H and O–H groups in total. The minimum absolute atomic E-state index is 0.0532. The molecule has 8 nitrogen and oxygen atoms in total. The van der Waals surface area contributed by atoms with Crippen LogP contribution in [0.1, 0.15) is 12.5 Å². The molecule has 0 aliphatic rings. The Morgan fingerprint density at radius 1 is 1.15 bits per heavy atom. The number of aromatic nitrogens is 4. The van der Waals surface area contributed by atoms with Gasteiger partial charge < -0.3 is 15.6 Å². The van der Waals surface area contributed by atoms with Crippen LogP contribution in [0.25, 0.3) is 22.6 Å². The van der Waals surface area contributed by atoms with E-state index in [-0.39, 0.29) is 18.3 Å². The summed E-state index contributed by atoms with van der Waals surface area (Å²) in [5.41, 5.74) is 9.62. The highest BCUT2D eigenvalue weighted by Crippen LogP contribution is 2.26. The first-order valence-electron chi connectivity index (χ1n) is 8.58. The van der Waals surface area contributed by atoms with Gasteiger partial charge in [0, 0.05) is 5.69 Å². The van der Waals surface area contributed by atoms with Crippen molar-refractivity contribution >= 4 is 28.4 Å². The molecule has 136 valence electrons. The summed E-state index contributed by atoms with van der Waals surface area (Å²) in [6.45, 7) is 2.14. The van der Waals surface area contributed by atoms with Crippen LogP contribution in [-0.4, -0.2) is 25.8 Å². The normalized spacial score (nSPS) is 11.0. The summed E-state index contributed by atoms with van der Waals surface area (Å²) >= 11 is 0. The first-order chi connectivity index (χ1) is 13.2. The van der Waals surface area contributed by atoms with Crippen molar-refractivity contribution in [2.75, 3.05) is 11.1 Å². The number of fused-ring (bicyclic) bond motifs is 1. The maximum Gasteiger partial charge on any atom is 0.244 e. The van der Waals surface area contributed by atoms with Gasteiger partial charge in [-0.25, -0.2) is 9.61 Å². The van der Waals surface area contributed by atoms with Crippen molar-refractivity contribution in [1.29, 1.82) is 0 Å². The van der Waals surface area contributed by atoms with Crippen molar-refractivity contribution in [3.63, 3.8) is 0 Å². The van der Waals surface area contributed by atoms with Crippen LogP contribution in [0.2, 0.25) is 0 Å². The molecule has 0 saturated heterocycles. The van der Waals surface area contributed by atoms with Crippen LogP contribution in [0.3, 0.4) is 0 Å². The topological polar surface area (TPSA) is 112 Å². The third-order valence-electron chi connectivity index (χ3n) is 4.33. The van der Waals surface area contributed by atoms with Crippen molar-refractivity contribution in [3.05, 3.63) is 54.1 Å². The van der Waals surface area contributed by atoms with Gasteiger partial charge in [0.2, 0.25) is 5.91 Å². The Morgan fingerprint density at radius 3 is 2.63 bits per heavy atom. The summed E-state index contributed by atoms with van der Waals surface area (Å²) in [5.74, 6) is 0.382. The molecule has 0 atom stereocenters. The molecule has 27 heavy (non-hydrogen) atoms. The van der Waals surface area contributed by atoms with E-state index in [0.29, 0.717) is 11.5 Å². The highest BCUT2D eigenvalue weighted by molar-refractivity contribution is 5.92. The van der Waals surface area contributed by atoms with Gasteiger partial charge in [-0.3, -0.25) is 4.79 Å². The highest BCUT2D eigenvalue weighted by atomic mass is 16.6. The number of anilines is 2. The van der Waals surface area contributed by atoms with Crippen LogP contribution < -0.4 is 11.1 Å². The summed E-state index contributed by atoms with van der Waals surface area (Å²) in [6, 6.07) is 15.3. The number of imidazole rings is 1. The van der Waals surface area contributed by atoms with E-state index >= 15 is 0 Å². The Balaban J connectivity index is 1.66. The van der Waals surface area contributed by atoms with Crippen LogP contribution in [-0.2, 0) is 17.8 Å². The van der Waals surface area contributed by atoms with Crippen molar-refractivity contribution in [2.24, 2.45) is 0 Å². The zero-order valence-corrected chi connectivity index (χ0v) is 14.7. The number of rotatable bonds is 5. The average Bonchev–Trinajstić information content (AvgIpc) is 3.26. The fourth-order valence-corrected chi connectivity index (χ4v) is 2.93. The number of benzene rings is 2. The number of aryl methyl sites for hydroxylation is 1. The van der Waals surface area contributed by atoms with Gasteiger partial charge in [-0.15, -0.1) is 0 Å². The zero-order valence-electron chi connectivity index (χ0n) is 14.7. The molecule has 0 aliphatic carbocycles. The van der Waals surface area contributed by atoms with Crippen LogP contribution in [0.15, 0.2) is 53.2 Å². The number of hydrogen-bond acceptors (Lipinski definition) is 6. The summed E-state index contributed by atoms with van der Waals surface area (Å²) in [6.07, 6.45) is 0.950. The standard InChI is InChI=1S/C19H18N6O2/c1-2-12-7-9-13(10-8-12)21-16(26)11-25-15-6-4-3-5-14(15)22-19(25)17-18(20)24-27-23-17/h3-10H,2,11H2,1H3,(H2,20,24)(H,21,26). The molecule has 0 bridgehead atoms. The number of carbonyl (C=O) groups excluding carboxylic acids is 1. The van der Waals surface area contributed by atoms with E-state index < -0.39 is 0 Å². The number of para-hydroxylation sites is 2. The number of amides is 1. The molecule has 4 aromatic rings. The average molecular weight is 362 g/mol. The first-order valence-corrected chi connectivity index (χ1v) is 8.58. The lowest BCUT2D eigenvalue weighted by molar-refractivity contribution is -0.116. The van der Waals surface area contributed by atoms with Gasteiger partial charge in [-0.2, -0.15) is 0 Å². The van der Waals surface area contributed by atoms with Gasteiger partial charge in [0.25, 0.3) is 0 Å². The van der Waals surface area contributed by atoms with E-state index in [2.05, 4.69) is 27.5 Å². The van der Waals surface area contributed by atoms with Crippen molar-refractivity contribution in [1.82, 2.24) is 19.9 Å². The van der Waals surface area contributed by atoms with E-state index in [0.717, 1.165) is 23.1 Å². The number of hydrogen-bond donors (Lipinski definition) is 2. The summed E-state index contributed by atoms with van der Waals surface area (Å²) < 4.78 is 6.45. The predicted octanol–water partition coefficient (Wildman–Crippen LogP) is 2.87. The smallest absolute Gasteiger partial charge is 0.244 e. The molecule has 0 fully saturated rings. The van der Waals surface area contributed by atoms with E-state index in [9.17, 15) is 4.79 Å². The Morgan fingerprint density at radius 2 is 1.93 bits per heavy atom. The molecular formula is C19H18N6O2. The molecular weight excluding hydrogens is 344 g/mol. The summed E-state index contributed by atoms with van der Waals surface area (Å²) in [7, 11) is 0. The second-order valence-corrected chi connectivity index (χ2v) is 6.11. The maximum atomic E-state index is 12.6. The molecule has 1 amide bonds. The minimum atomic E-state index is -0.182. The fraction of sp³-hybridized carbons (Fsp3) is 0.158. The van der Waals surface area contributed by atoms with Gasteiger partial charge >= 0.3 is 0 Å². The van der Waals surface area contributed by atoms with Gasteiger partial charge in [0.1, 0.15) is 6.54 Å². The number of carbonyl (C=O) groups is 1.